The molecule has 0 bridgehead atoms. The fourth-order valence-corrected chi connectivity index (χ4v) is 2.27. The van der Waals surface area contributed by atoms with Crippen molar-refractivity contribution in [2.24, 2.45) is 5.92 Å². The van der Waals surface area contributed by atoms with E-state index in [-0.39, 0.29) is 24.2 Å². The molecule has 1 atom stereocenters. The molecular weight excluding hydrogens is 276 g/mol. The van der Waals surface area contributed by atoms with Gasteiger partial charge in [0.25, 0.3) is 0 Å². The maximum absolute atomic E-state index is 12.0. The van der Waals surface area contributed by atoms with Crippen LogP contribution in [0.3, 0.4) is 0 Å². The summed E-state index contributed by atoms with van der Waals surface area (Å²) < 4.78 is 0. The second-order valence-corrected chi connectivity index (χ2v) is 4.73. The van der Waals surface area contributed by atoms with Crippen LogP contribution in [-0.2, 0) is 4.79 Å². The van der Waals surface area contributed by atoms with Crippen molar-refractivity contribution < 1.29 is 4.79 Å². The number of anilines is 1. The van der Waals surface area contributed by atoms with Crippen LogP contribution in [-0.4, -0.2) is 29.2 Å². The molecule has 1 aliphatic rings. The van der Waals surface area contributed by atoms with Crippen molar-refractivity contribution in [1.29, 1.82) is 0 Å². The fraction of sp³-hybridized carbons (Fsp3) is 0.286. The van der Waals surface area contributed by atoms with Gasteiger partial charge in [-0.1, -0.05) is 12.1 Å². The number of hydrogen-bond donors (Lipinski definition) is 3. The molecule has 1 aromatic carbocycles. The largest absolute Gasteiger partial charge is 0.326 e. The minimum Gasteiger partial charge on any atom is -0.326 e. The van der Waals surface area contributed by atoms with Gasteiger partial charge in [-0.2, -0.15) is 5.10 Å². The van der Waals surface area contributed by atoms with E-state index in [1.807, 2.05) is 30.3 Å². The molecule has 106 valence electrons. The minimum atomic E-state index is 0. The van der Waals surface area contributed by atoms with E-state index in [1.54, 1.807) is 6.20 Å². The van der Waals surface area contributed by atoms with Gasteiger partial charge in [0.2, 0.25) is 5.91 Å². The van der Waals surface area contributed by atoms with Gasteiger partial charge in [0.15, 0.2) is 0 Å². The summed E-state index contributed by atoms with van der Waals surface area (Å²) in [6.07, 6.45) is 2.64. The van der Waals surface area contributed by atoms with E-state index in [0.717, 1.165) is 36.5 Å². The first-order chi connectivity index (χ1) is 9.33. The zero-order valence-corrected chi connectivity index (χ0v) is 11.7. The highest BCUT2D eigenvalue weighted by Crippen LogP contribution is 2.19. The molecule has 0 aliphatic carbocycles. The summed E-state index contributed by atoms with van der Waals surface area (Å²) in [5.74, 6) is 0.187. The average molecular weight is 293 g/mol. The van der Waals surface area contributed by atoms with E-state index in [4.69, 9.17) is 0 Å². The number of aromatic nitrogens is 2. The van der Waals surface area contributed by atoms with E-state index in [1.165, 1.54) is 0 Å². The van der Waals surface area contributed by atoms with Crippen LogP contribution < -0.4 is 10.6 Å². The number of benzene rings is 1. The molecule has 6 heteroatoms. The Morgan fingerprint density at radius 3 is 2.65 bits per heavy atom. The molecule has 3 rings (SSSR count). The molecule has 1 saturated heterocycles. The molecule has 20 heavy (non-hydrogen) atoms. The molecule has 1 amide bonds. The van der Waals surface area contributed by atoms with Crippen molar-refractivity contribution in [3.8, 4) is 11.3 Å². The number of amides is 1. The van der Waals surface area contributed by atoms with E-state index < -0.39 is 0 Å². The van der Waals surface area contributed by atoms with Crippen LogP contribution in [0.4, 0.5) is 5.69 Å². The Bertz CT molecular complexity index is 547. The highest BCUT2D eigenvalue weighted by atomic mass is 35.5. The molecule has 5 nitrogen and oxygen atoms in total. The Morgan fingerprint density at radius 2 is 2.05 bits per heavy atom. The molecule has 1 aromatic heterocycles. The molecule has 0 radical (unpaired) electrons. The number of aromatic amines is 1. The maximum atomic E-state index is 12.0. The Hall–Kier alpha value is -1.85. The quantitative estimate of drug-likeness (QED) is 0.811. The van der Waals surface area contributed by atoms with E-state index in [9.17, 15) is 4.79 Å². The van der Waals surface area contributed by atoms with Crippen LogP contribution in [0.1, 0.15) is 6.42 Å². The van der Waals surface area contributed by atoms with E-state index >= 15 is 0 Å². The van der Waals surface area contributed by atoms with E-state index in [2.05, 4.69) is 20.8 Å². The lowest BCUT2D eigenvalue weighted by atomic mass is 10.1. The third kappa shape index (κ3) is 3.18. The molecule has 2 heterocycles. The zero-order chi connectivity index (χ0) is 13.1. The summed E-state index contributed by atoms with van der Waals surface area (Å²) >= 11 is 0. The summed E-state index contributed by atoms with van der Waals surface area (Å²) in [4.78, 5) is 12.0. The lowest BCUT2D eigenvalue weighted by Crippen LogP contribution is -2.24. The molecular formula is C14H17ClN4O. The van der Waals surface area contributed by atoms with Crippen LogP contribution in [0.25, 0.3) is 11.3 Å². The van der Waals surface area contributed by atoms with Crippen molar-refractivity contribution in [1.82, 2.24) is 15.5 Å². The standard InChI is InChI=1S/C14H16N4O.ClH/c19-14(11-5-7-15-9-11)17-12-3-1-10(2-4-12)13-6-8-16-18-13;/h1-4,6,8,11,15H,5,7,9H2,(H,16,18)(H,17,19);1H. The lowest BCUT2D eigenvalue weighted by molar-refractivity contribution is -0.119. The highest BCUT2D eigenvalue weighted by molar-refractivity contribution is 5.93. The highest BCUT2D eigenvalue weighted by Gasteiger charge is 2.22. The Balaban J connectivity index is 0.00000147. The second-order valence-electron chi connectivity index (χ2n) is 4.73. The summed E-state index contributed by atoms with van der Waals surface area (Å²) in [6.45, 7) is 1.70. The predicted molar refractivity (Wildman–Crippen MR) is 80.9 cm³/mol. The van der Waals surface area contributed by atoms with Crippen molar-refractivity contribution in [3.63, 3.8) is 0 Å². The van der Waals surface area contributed by atoms with Crippen LogP contribution in [0.5, 0.6) is 0 Å². The molecule has 0 saturated carbocycles. The number of carbonyl (C=O) groups excluding carboxylic acids is 1. The number of rotatable bonds is 3. The van der Waals surface area contributed by atoms with Crippen molar-refractivity contribution in [3.05, 3.63) is 36.5 Å². The Kier molecular flexibility index (Phi) is 4.76. The van der Waals surface area contributed by atoms with Crippen molar-refractivity contribution in [2.75, 3.05) is 18.4 Å². The summed E-state index contributed by atoms with van der Waals surface area (Å²) in [6, 6.07) is 9.68. The first kappa shape index (κ1) is 14.6. The second kappa shape index (κ2) is 6.54. The SMILES string of the molecule is Cl.O=C(Nc1ccc(-c2ccn[nH]2)cc1)C1CCNC1. The first-order valence-corrected chi connectivity index (χ1v) is 6.44. The van der Waals surface area contributed by atoms with Crippen LogP contribution >= 0.6 is 12.4 Å². The summed E-state index contributed by atoms with van der Waals surface area (Å²) in [5.41, 5.74) is 2.86. The number of nitrogens with zero attached hydrogens (tertiary/aromatic N) is 1. The lowest BCUT2D eigenvalue weighted by Gasteiger charge is -2.10. The van der Waals surface area contributed by atoms with Crippen LogP contribution in [0, 0.1) is 5.92 Å². The van der Waals surface area contributed by atoms with Crippen LogP contribution in [0.15, 0.2) is 36.5 Å². The molecule has 2 aromatic rings. The zero-order valence-electron chi connectivity index (χ0n) is 10.9. The molecule has 0 spiro atoms. The predicted octanol–water partition coefficient (Wildman–Crippen LogP) is 2.05. The van der Waals surface area contributed by atoms with Crippen molar-refractivity contribution >= 4 is 24.0 Å². The molecule has 3 N–H and O–H groups in total. The minimum absolute atomic E-state index is 0. The maximum Gasteiger partial charge on any atom is 0.228 e. The summed E-state index contributed by atoms with van der Waals surface area (Å²) in [7, 11) is 0. The monoisotopic (exact) mass is 292 g/mol. The number of nitrogens with one attached hydrogen (secondary N) is 3. The number of halogens is 1. The molecule has 1 fully saturated rings. The van der Waals surface area contributed by atoms with Gasteiger partial charge in [0, 0.05) is 18.4 Å². The van der Waals surface area contributed by atoms with Gasteiger partial charge in [0.05, 0.1) is 11.6 Å². The van der Waals surface area contributed by atoms with Crippen molar-refractivity contribution in [2.45, 2.75) is 6.42 Å². The van der Waals surface area contributed by atoms with Gasteiger partial charge in [-0.3, -0.25) is 9.89 Å². The molecule has 1 unspecified atom stereocenters. The third-order valence-electron chi connectivity index (χ3n) is 3.40. The van der Waals surface area contributed by atoms with Gasteiger partial charge in [-0.15, -0.1) is 12.4 Å². The topological polar surface area (TPSA) is 69.8 Å². The fourth-order valence-electron chi connectivity index (χ4n) is 2.27. The van der Waals surface area contributed by atoms with Gasteiger partial charge < -0.3 is 10.6 Å². The number of hydrogen-bond acceptors (Lipinski definition) is 3. The number of carbonyl (C=O) groups is 1. The van der Waals surface area contributed by atoms with E-state index in [0.29, 0.717) is 0 Å². The average Bonchev–Trinajstić information content (AvgIpc) is 3.13. The van der Waals surface area contributed by atoms with Gasteiger partial charge in [0.1, 0.15) is 0 Å². The number of H-pyrrole nitrogens is 1. The smallest absolute Gasteiger partial charge is 0.228 e. The van der Waals surface area contributed by atoms with Gasteiger partial charge in [-0.05, 0) is 36.7 Å². The Labute approximate surface area is 123 Å². The normalized spacial score (nSPS) is 17.5. The summed E-state index contributed by atoms with van der Waals surface area (Å²) in [5, 5.41) is 13.0. The molecule has 1 aliphatic heterocycles. The first-order valence-electron chi connectivity index (χ1n) is 6.44. The van der Waals surface area contributed by atoms with Gasteiger partial charge in [-0.25, -0.2) is 0 Å². The Morgan fingerprint density at radius 1 is 1.25 bits per heavy atom. The van der Waals surface area contributed by atoms with Crippen LogP contribution in [0.2, 0.25) is 0 Å². The third-order valence-corrected chi connectivity index (χ3v) is 3.40. The van der Waals surface area contributed by atoms with Gasteiger partial charge >= 0.3 is 0 Å².